The van der Waals surface area contributed by atoms with Crippen molar-refractivity contribution in [2.45, 2.75) is 18.4 Å². The van der Waals surface area contributed by atoms with Gasteiger partial charge in [0.05, 0.1) is 17.2 Å². The van der Waals surface area contributed by atoms with E-state index in [1.54, 1.807) is 0 Å². The SMILES string of the molecule is C1=CC(c2ccccc2)Cc2c1c1ccc(-c3ccccc3)cc1n2-c1ccc2c(c1)oc1cccc(C3NC(c4ccccc4)=Nc4ccccc43)c12. The van der Waals surface area contributed by atoms with Gasteiger partial charge in [0.2, 0.25) is 0 Å². The third kappa shape index (κ3) is 4.95. The summed E-state index contributed by atoms with van der Waals surface area (Å²) in [6, 6.07) is 60.3. The molecule has 9 aromatic rings. The number of rotatable bonds is 5. The summed E-state index contributed by atoms with van der Waals surface area (Å²) < 4.78 is 9.25. The van der Waals surface area contributed by atoms with Gasteiger partial charge in [0.25, 0.3) is 0 Å². The molecule has 0 saturated carbocycles. The fraction of sp³-hybridized carbons (Fsp3) is 0.0600. The van der Waals surface area contributed by atoms with Crippen molar-refractivity contribution in [2.75, 3.05) is 0 Å². The van der Waals surface area contributed by atoms with Crippen molar-refractivity contribution in [1.82, 2.24) is 9.88 Å². The van der Waals surface area contributed by atoms with E-state index in [0.717, 1.165) is 56.7 Å². The Kier molecular flexibility index (Phi) is 7.02. The van der Waals surface area contributed by atoms with E-state index in [0.29, 0.717) is 5.92 Å². The highest BCUT2D eigenvalue weighted by Gasteiger charge is 2.28. The second-order valence-electron chi connectivity index (χ2n) is 14.3. The molecular weight excluding hydrogens is 659 g/mol. The number of allylic oxidation sites excluding steroid dienone is 1. The van der Waals surface area contributed by atoms with E-state index in [9.17, 15) is 0 Å². The number of para-hydroxylation sites is 1. The summed E-state index contributed by atoms with van der Waals surface area (Å²) in [7, 11) is 0. The van der Waals surface area contributed by atoms with Gasteiger partial charge in [-0.2, -0.15) is 0 Å². The molecule has 4 nitrogen and oxygen atoms in total. The predicted molar refractivity (Wildman–Crippen MR) is 222 cm³/mol. The van der Waals surface area contributed by atoms with Crippen LogP contribution in [-0.2, 0) is 6.42 Å². The van der Waals surface area contributed by atoms with Gasteiger partial charge < -0.3 is 14.3 Å². The van der Waals surface area contributed by atoms with Crippen LogP contribution < -0.4 is 5.32 Å². The zero-order valence-electron chi connectivity index (χ0n) is 29.5. The van der Waals surface area contributed by atoms with Crippen molar-refractivity contribution in [3.63, 3.8) is 0 Å². The van der Waals surface area contributed by atoms with Crippen LogP contribution in [0.15, 0.2) is 185 Å². The lowest BCUT2D eigenvalue weighted by atomic mass is 9.88. The van der Waals surface area contributed by atoms with Crippen LogP contribution in [0, 0.1) is 0 Å². The Morgan fingerprint density at radius 1 is 0.593 bits per heavy atom. The fourth-order valence-electron chi connectivity index (χ4n) is 8.69. The third-order valence-electron chi connectivity index (χ3n) is 11.2. The Labute approximate surface area is 313 Å². The minimum Gasteiger partial charge on any atom is -0.456 e. The molecule has 7 aromatic carbocycles. The summed E-state index contributed by atoms with van der Waals surface area (Å²) in [5, 5.41) is 7.30. The topological polar surface area (TPSA) is 42.5 Å². The summed E-state index contributed by atoms with van der Waals surface area (Å²) in [6.45, 7) is 0. The number of aromatic nitrogens is 1. The van der Waals surface area contributed by atoms with Crippen molar-refractivity contribution in [2.24, 2.45) is 4.99 Å². The van der Waals surface area contributed by atoms with Crippen LogP contribution in [0.3, 0.4) is 0 Å². The lowest BCUT2D eigenvalue weighted by molar-refractivity contribution is 0.667. The number of benzene rings is 7. The summed E-state index contributed by atoms with van der Waals surface area (Å²) in [4.78, 5) is 5.05. The molecule has 2 aliphatic rings. The molecule has 0 spiro atoms. The quantitative estimate of drug-likeness (QED) is 0.195. The van der Waals surface area contributed by atoms with Gasteiger partial charge >= 0.3 is 0 Å². The lowest BCUT2D eigenvalue weighted by Gasteiger charge is -2.28. The molecule has 1 N–H and O–H groups in total. The van der Waals surface area contributed by atoms with Crippen LogP contribution in [0.5, 0.6) is 0 Å². The highest BCUT2D eigenvalue weighted by atomic mass is 16.3. The number of amidine groups is 1. The third-order valence-corrected chi connectivity index (χ3v) is 11.2. The van der Waals surface area contributed by atoms with Crippen LogP contribution in [0.4, 0.5) is 5.69 Å². The molecule has 0 saturated heterocycles. The molecule has 0 fully saturated rings. The molecule has 11 rings (SSSR count). The first-order chi connectivity index (χ1) is 26.8. The average Bonchev–Trinajstić information content (AvgIpc) is 3.79. The van der Waals surface area contributed by atoms with E-state index in [1.807, 2.05) is 6.07 Å². The molecule has 0 radical (unpaired) electrons. The molecule has 0 amide bonds. The first-order valence-electron chi connectivity index (χ1n) is 18.7. The smallest absolute Gasteiger partial charge is 0.137 e. The zero-order valence-corrected chi connectivity index (χ0v) is 29.5. The molecule has 256 valence electrons. The van der Waals surface area contributed by atoms with E-state index < -0.39 is 0 Å². The number of fused-ring (bicyclic) bond motifs is 7. The molecule has 2 aromatic heterocycles. The van der Waals surface area contributed by atoms with Gasteiger partial charge in [-0.1, -0.05) is 146 Å². The Balaban J connectivity index is 1.08. The van der Waals surface area contributed by atoms with E-state index in [4.69, 9.17) is 9.41 Å². The summed E-state index contributed by atoms with van der Waals surface area (Å²) in [5.41, 5.74) is 14.8. The molecule has 0 bridgehead atoms. The number of furan rings is 1. The molecule has 3 heterocycles. The van der Waals surface area contributed by atoms with Crippen LogP contribution in [-0.4, -0.2) is 10.4 Å². The van der Waals surface area contributed by atoms with Crippen molar-refractivity contribution in [3.05, 3.63) is 209 Å². The Morgan fingerprint density at radius 2 is 1.31 bits per heavy atom. The van der Waals surface area contributed by atoms with Gasteiger partial charge in [-0.3, -0.25) is 0 Å². The maximum Gasteiger partial charge on any atom is 0.137 e. The number of aliphatic imine (C=N–C) groups is 1. The molecule has 1 aliphatic carbocycles. The second kappa shape index (κ2) is 12.4. The monoisotopic (exact) mass is 693 g/mol. The molecule has 2 unspecified atom stereocenters. The largest absolute Gasteiger partial charge is 0.456 e. The summed E-state index contributed by atoms with van der Waals surface area (Å²) >= 11 is 0. The van der Waals surface area contributed by atoms with Crippen LogP contribution in [0.25, 0.3) is 55.7 Å². The van der Waals surface area contributed by atoms with Gasteiger partial charge in [-0.05, 0) is 59.0 Å². The van der Waals surface area contributed by atoms with Crippen LogP contribution in [0.1, 0.15) is 45.5 Å². The maximum atomic E-state index is 6.78. The van der Waals surface area contributed by atoms with E-state index >= 15 is 0 Å². The van der Waals surface area contributed by atoms with E-state index in [-0.39, 0.29) is 6.04 Å². The summed E-state index contributed by atoms with van der Waals surface area (Å²) in [6.07, 6.45) is 5.62. The van der Waals surface area contributed by atoms with Crippen molar-refractivity contribution < 1.29 is 4.42 Å². The van der Waals surface area contributed by atoms with Gasteiger partial charge in [0.15, 0.2) is 0 Å². The van der Waals surface area contributed by atoms with Gasteiger partial charge in [-0.15, -0.1) is 0 Å². The van der Waals surface area contributed by atoms with Gasteiger partial charge in [0.1, 0.15) is 17.0 Å². The minimum atomic E-state index is -0.100. The Morgan fingerprint density at radius 3 is 2.15 bits per heavy atom. The lowest BCUT2D eigenvalue weighted by Crippen LogP contribution is -2.32. The van der Waals surface area contributed by atoms with Crippen LogP contribution in [0.2, 0.25) is 0 Å². The van der Waals surface area contributed by atoms with E-state index in [1.165, 1.54) is 44.4 Å². The predicted octanol–water partition coefficient (Wildman–Crippen LogP) is 12.3. The van der Waals surface area contributed by atoms with E-state index in [2.05, 4.69) is 186 Å². The molecule has 2 atom stereocenters. The van der Waals surface area contributed by atoms with Gasteiger partial charge in [0, 0.05) is 56.2 Å². The fourth-order valence-corrected chi connectivity index (χ4v) is 8.69. The zero-order chi connectivity index (χ0) is 35.6. The number of hydrogen-bond acceptors (Lipinski definition) is 3. The summed E-state index contributed by atoms with van der Waals surface area (Å²) in [5.74, 6) is 1.16. The number of nitrogens with one attached hydrogen (secondary N) is 1. The van der Waals surface area contributed by atoms with Crippen LogP contribution >= 0.6 is 0 Å². The Hall–Kier alpha value is -6.91. The maximum absolute atomic E-state index is 6.78. The highest BCUT2D eigenvalue weighted by Crippen LogP contribution is 2.43. The Bertz CT molecular complexity index is 2930. The molecule has 54 heavy (non-hydrogen) atoms. The highest BCUT2D eigenvalue weighted by molar-refractivity contribution is 6.09. The number of nitrogens with zero attached hydrogens (tertiary/aromatic N) is 2. The number of hydrogen-bond donors (Lipinski definition) is 1. The molecule has 4 heteroatoms. The normalized spacial score (nSPS) is 16.3. The van der Waals surface area contributed by atoms with Gasteiger partial charge in [-0.25, -0.2) is 4.99 Å². The first kappa shape index (κ1) is 30.7. The van der Waals surface area contributed by atoms with Crippen molar-refractivity contribution in [1.29, 1.82) is 0 Å². The second-order valence-corrected chi connectivity index (χ2v) is 14.3. The molecular formula is C50H35N3O. The molecule has 1 aliphatic heterocycles. The average molecular weight is 694 g/mol. The van der Waals surface area contributed by atoms with Crippen molar-refractivity contribution in [3.8, 4) is 16.8 Å². The van der Waals surface area contributed by atoms with Crippen molar-refractivity contribution >= 4 is 50.4 Å². The first-order valence-corrected chi connectivity index (χ1v) is 18.7. The minimum absolute atomic E-state index is 0.100. The standard InChI is InChI=1S/C50H35N3O/c1-4-13-32(14-5-1)35-23-26-38-39-27-24-36(33-15-6-2-7-16-33)30-45(39)53(44(38)29-35)37-25-28-41-47(31-37)54-46-22-12-20-42(48(41)46)49-40-19-10-11-21-43(40)51-50(52-49)34-17-8-3-9-18-34/h1-29,31,36,49H,30H2,(H,51,52).